The van der Waals surface area contributed by atoms with Crippen LogP contribution in [0.2, 0.25) is 0 Å². The Labute approximate surface area is 83.5 Å². The zero-order chi connectivity index (χ0) is 11.6. The standard InChI is InChI=1S/C9H17NO4/c1-7(11)9(14,5-8(12)13)6-10(2,3)4/h14H,5-6H2,1-4H3/p+1/t9-/m0/s1. The van der Waals surface area contributed by atoms with Crippen molar-refractivity contribution in [3.05, 3.63) is 0 Å². The molecule has 0 bridgehead atoms. The second-order valence-corrected chi connectivity index (χ2v) is 4.61. The molecule has 2 N–H and O–H groups in total. The van der Waals surface area contributed by atoms with Gasteiger partial charge in [-0.1, -0.05) is 0 Å². The Hall–Kier alpha value is -0.940. The van der Waals surface area contributed by atoms with E-state index in [0.717, 1.165) is 0 Å². The topological polar surface area (TPSA) is 74.6 Å². The summed E-state index contributed by atoms with van der Waals surface area (Å²) in [5, 5.41) is 18.4. The minimum atomic E-state index is -1.76. The highest BCUT2D eigenvalue weighted by Gasteiger charge is 2.40. The summed E-state index contributed by atoms with van der Waals surface area (Å²) >= 11 is 0. The Morgan fingerprint density at radius 3 is 1.93 bits per heavy atom. The third-order valence-corrected chi connectivity index (χ3v) is 1.83. The van der Waals surface area contributed by atoms with Crippen molar-refractivity contribution < 1.29 is 24.3 Å². The van der Waals surface area contributed by atoms with Crippen LogP contribution in [-0.2, 0) is 9.59 Å². The predicted octanol–water partition coefficient (Wildman–Crippen LogP) is -0.513. The molecule has 0 saturated heterocycles. The van der Waals surface area contributed by atoms with Crippen molar-refractivity contribution in [2.24, 2.45) is 0 Å². The molecule has 0 unspecified atom stereocenters. The van der Waals surface area contributed by atoms with Crippen LogP contribution in [-0.4, -0.2) is 59.7 Å². The summed E-state index contributed by atoms with van der Waals surface area (Å²) in [6.07, 6.45) is -0.544. The van der Waals surface area contributed by atoms with E-state index in [-0.39, 0.29) is 6.54 Å². The lowest BCUT2D eigenvalue weighted by Gasteiger charge is -2.32. The number of nitrogens with zero attached hydrogens (tertiary/aromatic N) is 1. The summed E-state index contributed by atoms with van der Waals surface area (Å²) in [4.78, 5) is 21.6. The molecule has 0 fully saturated rings. The van der Waals surface area contributed by atoms with Gasteiger partial charge in [0.2, 0.25) is 0 Å². The van der Waals surface area contributed by atoms with E-state index >= 15 is 0 Å². The molecule has 0 heterocycles. The monoisotopic (exact) mass is 204 g/mol. The fourth-order valence-corrected chi connectivity index (χ4v) is 1.33. The number of ketones is 1. The number of hydrogen-bond acceptors (Lipinski definition) is 3. The van der Waals surface area contributed by atoms with E-state index in [1.54, 1.807) is 21.1 Å². The van der Waals surface area contributed by atoms with Crippen LogP contribution in [0.5, 0.6) is 0 Å². The number of carboxylic acid groups (broad SMARTS) is 1. The largest absolute Gasteiger partial charge is 0.481 e. The van der Waals surface area contributed by atoms with Gasteiger partial charge in [0.15, 0.2) is 11.4 Å². The molecule has 0 aliphatic carbocycles. The molecule has 0 aromatic rings. The Kier molecular flexibility index (Phi) is 3.79. The van der Waals surface area contributed by atoms with Gasteiger partial charge in [0, 0.05) is 0 Å². The zero-order valence-electron chi connectivity index (χ0n) is 9.07. The van der Waals surface area contributed by atoms with Crippen molar-refractivity contribution in [1.29, 1.82) is 0 Å². The normalized spacial score (nSPS) is 16.1. The number of aliphatic hydroxyl groups is 1. The van der Waals surface area contributed by atoms with Gasteiger partial charge < -0.3 is 14.7 Å². The van der Waals surface area contributed by atoms with Crippen LogP contribution in [0.1, 0.15) is 13.3 Å². The summed E-state index contributed by atoms with van der Waals surface area (Å²) in [7, 11) is 5.36. The van der Waals surface area contributed by atoms with Gasteiger partial charge in [-0.3, -0.25) is 9.59 Å². The van der Waals surface area contributed by atoms with Crippen LogP contribution in [0, 0.1) is 0 Å². The predicted molar refractivity (Wildman–Crippen MR) is 50.8 cm³/mol. The van der Waals surface area contributed by atoms with Gasteiger partial charge in [-0.05, 0) is 6.92 Å². The van der Waals surface area contributed by atoms with Crippen LogP contribution in [0.15, 0.2) is 0 Å². The maximum Gasteiger partial charge on any atom is 0.306 e. The highest BCUT2D eigenvalue weighted by Crippen LogP contribution is 2.15. The summed E-state index contributed by atoms with van der Waals surface area (Å²) in [6.45, 7) is 1.30. The molecule has 0 aromatic carbocycles. The summed E-state index contributed by atoms with van der Waals surface area (Å²) in [6, 6.07) is 0. The number of quaternary nitrogens is 1. The molecule has 0 radical (unpaired) electrons. The molecule has 0 spiro atoms. The fraction of sp³-hybridized carbons (Fsp3) is 0.778. The van der Waals surface area contributed by atoms with Crippen LogP contribution >= 0.6 is 0 Å². The number of hydrogen-bond donors (Lipinski definition) is 2. The number of likely N-dealkylation sites (N-methyl/N-ethyl adjacent to an activating group) is 1. The van der Waals surface area contributed by atoms with E-state index in [1.807, 2.05) is 0 Å². The number of Topliss-reactive ketones (excluding diaryl/α,β-unsaturated/α-hetero) is 1. The van der Waals surface area contributed by atoms with E-state index in [9.17, 15) is 14.7 Å². The average Bonchev–Trinajstić information content (AvgIpc) is 1.79. The zero-order valence-corrected chi connectivity index (χ0v) is 9.07. The van der Waals surface area contributed by atoms with E-state index in [4.69, 9.17) is 5.11 Å². The first-order valence-corrected chi connectivity index (χ1v) is 4.32. The first-order valence-electron chi connectivity index (χ1n) is 4.32. The molecular weight excluding hydrogens is 186 g/mol. The third-order valence-electron chi connectivity index (χ3n) is 1.83. The van der Waals surface area contributed by atoms with Gasteiger partial charge in [0.25, 0.3) is 0 Å². The van der Waals surface area contributed by atoms with Crippen molar-refractivity contribution in [3.63, 3.8) is 0 Å². The lowest BCUT2D eigenvalue weighted by atomic mass is 9.94. The van der Waals surface area contributed by atoms with Crippen molar-refractivity contribution in [2.75, 3.05) is 27.7 Å². The molecule has 82 valence electrons. The van der Waals surface area contributed by atoms with E-state index in [2.05, 4.69) is 0 Å². The molecule has 0 saturated carbocycles. The SMILES string of the molecule is CC(=O)[C@](O)(CC(=O)O)C[N+](C)(C)C. The van der Waals surface area contributed by atoms with Crippen molar-refractivity contribution in [2.45, 2.75) is 18.9 Å². The molecule has 5 nitrogen and oxygen atoms in total. The Morgan fingerprint density at radius 2 is 1.71 bits per heavy atom. The van der Waals surface area contributed by atoms with Gasteiger partial charge >= 0.3 is 5.97 Å². The van der Waals surface area contributed by atoms with Gasteiger partial charge in [-0.15, -0.1) is 0 Å². The number of aliphatic carboxylic acids is 1. The van der Waals surface area contributed by atoms with Gasteiger partial charge in [0.05, 0.1) is 27.6 Å². The number of carboxylic acids is 1. The molecule has 14 heavy (non-hydrogen) atoms. The number of rotatable bonds is 5. The van der Waals surface area contributed by atoms with Gasteiger partial charge in [-0.2, -0.15) is 0 Å². The molecule has 5 heteroatoms. The lowest BCUT2D eigenvalue weighted by molar-refractivity contribution is -0.875. The quantitative estimate of drug-likeness (QED) is 0.591. The third kappa shape index (κ3) is 4.34. The molecule has 0 aliphatic rings. The first kappa shape index (κ1) is 13.1. The molecular formula is C9H18NO4+. The maximum atomic E-state index is 11.2. The van der Waals surface area contributed by atoms with Crippen molar-refractivity contribution in [3.8, 4) is 0 Å². The molecule has 1 atom stereocenters. The van der Waals surface area contributed by atoms with Gasteiger partial charge in [0.1, 0.15) is 6.54 Å². The van der Waals surface area contributed by atoms with Crippen molar-refractivity contribution >= 4 is 11.8 Å². The second-order valence-electron chi connectivity index (χ2n) is 4.61. The first-order chi connectivity index (χ1) is 6.07. The maximum absolute atomic E-state index is 11.2. The molecule has 0 aromatic heterocycles. The Balaban J connectivity index is 4.73. The van der Waals surface area contributed by atoms with E-state index in [1.165, 1.54) is 6.92 Å². The fourth-order valence-electron chi connectivity index (χ4n) is 1.33. The summed E-state index contributed by atoms with van der Waals surface area (Å²) in [5.74, 6) is -1.68. The minimum Gasteiger partial charge on any atom is -0.481 e. The van der Waals surface area contributed by atoms with E-state index < -0.39 is 23.8 Å². The van der Waals surface area contributed by atoms with Crippen LogP contribution in [0.25, 0.3) is 0 Å². The smallest absolute Gasteiger partial charge is 0.306 e. The lowest BCUT2D eigenvalue weighted by Crippen LogP contribution is -2.54. The van der Waals surface area contributed by atoms with Crippen LogP contribution in [0.4, 0.5) is 0 Å². The Morgan fingerprint density at radius 1 is 1.29 bits per heavy atom. The van der Waals surface area contributed by atoms with Crippen LogP contribution < -0.4 is 0 Å². The van der Waals surface area contributed by atoms with Crippen molar-refractivity contribution in [1.82, 2.24) is 0 Å². The van der Waals surface area contributed by atoms with E-state index in [0.29, 0.717) is 4.48 Å². The molecule has 0 amide bonds. The summed E-state index contributed by atoms with van der Waals surface area (Å²) < 4.78 is 0.337. The Bertz CT molecular complexity index is 244. The highest BCUT2D eigenvalue weighted by atomic mass is 16.4. The summed E-state index contributed by atoms with van der Waals surface area (Å²) in [5.41, 5.74) is -1.76. The van der Waals surface area contributed by atoms with Gasteiger partial charge in [-0.25, -0.2) is 0 Å². The average molecular weight is 204 g/mol. The molecule has 0 rings (SSSR count). The molecule has 0 aliphatic heterocycles. The van der Waals surface area contributed by atoms with Crippen LogP contribution in [0.3, 0.4) is 0 Å². The number of carbonyl (C=O) groups is 2. The second kappa shape index (κ2) is 4.06. The minimum absolute atomic E-state index is 0.0919. The highest BCUT2D eigenvalue weighted by molar-refractivity contribution is 5.89. The number of carbonyl (C=O) groups excluding carboxylic acids is 1.